The first-order valence-electron chi connectivity index (χ1n) is 16.0. The van der Waals surface area contributed by atoms with Crippen LogP contribution < -0.4 is 15.8 Å². The van der Waals surface area contributed by atoms with E-state index in [1.54, 1.807) is 4.57 Å². The quantitative estimate of drug-likeness (QED) is 0.208. The normalized spacial score (nSPS) is 14.4. The Hall–Kier alpha value is -5.27. The lowest BCUT2D eigenvalue weighted by molar-refractivity contribution is 0.0934. The third kappa shape index (κ3) is 5.77. The molecule has 7 rings (SSSR count). The lowest BCUT2D eigenvalue weighted by Crippen LogP contribution is -2.47. The molecule has 1 amide bonds. The van der Waals surface area contributed by atoms with Gasteiger partial charge in [-0.2, -0.15) is 0 Å². The van der Waals surface area contributed by atoms with Crippen molar-refractivity contribution in [2.75, 3.05) is 31.1 Å². The van der Waals surface area contributed by atoms with E-state index >= 15 is 0 Å². The Balaban J connectivity index is 1.26. The molecule has 0 saturated carbocycles. The van der Waals surface area contributed by atoms with E-state index in [-0.39, 0.29) is 17.5 Å². The van der Waals surface area contributed by atoms with Crippen molar-refractivity contribution in [1.29, 1.82) is 0 Å². The van der Waals surface area contributed by atoms with Crippen molar-refractivity contribution in [3.05, 3.63) is 149 Å². The Kier molecular flexibility index (Phi) is 8.31. The summed E-state index contributed by atoms with van der Waals surface area (Å²) in [6.07, 6.45) is 2.56. The molecule has 0 unspecified atom stereocenters. The molecule has 1 fully saturated rings. The van der Waals surface area contributed by atoms with E-state index in [0.717, 1.165) is 54.8 Å². The van der Waals surface area contributed by atoms with Gasteiger partial charge in [-0.05, 0) is 54.4 Å². The average molecular weight is 608 g/mol. The molecule has 3 heterocycles. The highest BCUT2D eigenvalue weighted by Crippen LogP contribution is 2.27. The van der Waals surface area contributed by atoms with Crippen LogP contribution in [0.5, 0.6) is 0 Å². The number of benzene rings is 4. The third-order valence-electron chi connectivity index (χ3n) is 9.04. The lowest BCUT2D eigenvalue weighted by atomic mass is 9.99. The molecule has 1 atom stereocenters. The number of hydrogen-bond donors (Lipinski definition) is 1. The SMILES string of the molecule is CC[C@H](NC(=O)c1c(CN2CCN(c3ccc4ncccc4c3)CC2)n(-c2ccccc2)c(=O)c2ccccc12)c1ccccc1. The van der Waals surface area contributed by atoms with Gasteiger partial charge in [-0.15, -0.1) is 0 Å². The summed E-state index contributed by atoms with van der Waals surface area (Å²) in [7, 11) is 0. The van der Waals surface area contributed by atoms with Gasteiger partial charge in [0.25, 0.3) is 11.5 Å². The van der Waals surface area contributed by atoms with Gasteiger partial charge in [-0.25, -0.2) is 0 Å². The number of fused-ring (bicyclic) bond motifs is 2. The zero-order valence-electron chi connectivity index (χ0n) is 26.0. The van der Waals surface area contributed by atoms with Crippen molar-refractivity contribution in [3.8, 4) is 5.69 Å². The first-order valence-corrected chi connectivity index (χ1v) is 16.0. The standard InChI is InChI=1S/C39H37N5O2/c1-2-34(28-12-5-3-6-13-28)41-38(45)37-32-17-9-10-18-33(32)39(46)44(30-15-7-4-8-16-30)36(37)27-42-22-24-43(25-23-42)31-19-20-35-29(26-31)14-11-21-40-35/h3-21,26,34H,2,22-25,27H2,1H3,(H,41,45)/t34-/m0/s1. The first-order chi connectivity index (χ1) is 22.6. The largest absolute Gasteiger partial charge is 0.369 e. The van der Waals surface area contributed by atoms with Crippen molar-refractivity contribution >= 4 is 33.3 Å². The van der Waals surface area contributed by atoms with Crippen molar-refractivity contribution in [2.45, 2.75) is 25.9 Å². The highest BCUT2D eigenvalue weighted by atomic mass is 16.2. The molecule has 1 aliphatic heterocycles. The van der Waals surface area contributed by atoms with Gasteiger partial charge in [0, 0.05) is 66.5 Å². The topological polar surface area (TPSA) is 70.5 Å². The summed E-state index contributed by atoms with van der Waals surface area (Å²) in [4.78, 5) is 37.9. The summed E-state index contributed by atoms with van der Waals surface area (Å²) in [5, 5.41) is 5.66. The van der Waals surface area contributed by atoms with Crippen LogP contribution in [0.3, 0.4) is 0 Å². The molecule has 1 N–H and O–H groups in total. The maximum atomic E-state index is 14.4. The van der Waals surface area contributed by atoms with Crippen LogP contribution in [-0.2, 0) is 6.54 Å². The second kappa shape index (κ2) is 13.0. The Labute approximate surface area is 268 Å². The summed E-state index contributed by atoms with van der Waals surface area (Å²) < 4.78 is 1.75. The van der Waals surface area contributed by atoms with E-state index in [9.17, 15) is 9.59 Å². The number of nitrogens with zero attached hydrogens (tertiary/aromatic N) is 4. The second-order valence-corrected chi connectivity index (χ2v) is 11.8. The van der Waals surface area contributed by atoms with Gasteiger partial charge in [-0.3, -0.25) is 24.0 Å². The molecule has 0 radical (unpaired) electrons. The van der Waals surface area contributed by atoms with Crippen molar-refractivity contribution < 1.29 is 4.79 Å². The van der Waals surface area contributed by atoms with Crippen LogP contribution in [-0.4, -0.2) is 46.5 Å². The predicted molar refractivity (Wildman–Crippen MR) is 186 cm³/mol. The Morgan fingerprint density at radius 1 is 0.783 bits per heavy atom. The monoisotopic (exact) mass is 607 g/mol. The summed E-state index contributed by atoms with van der Waals surface area (Å²) in [5.74, 6) is -0.171. The van der Waals surface area contributed by atoms with Crippen LogP contribution in [0.2, 0.25) is 0 Å². The van der Waals surface area contributed by atoms with E-state index in [4.69, 9.17) is 0 Å². The van der Waals surface area contributed by atoms with E-state index in [1.165, 1.54) is 5.69 Å². The number of anilines is 1. The van der Waals surface area contributed by atoms with Crippen LogP contribution in [0.15, 0.2) is 126 Å². The van der Waals surface area contributed by atoms with E-state index in [2.05, 4.69) is 51.3 Å². The maximum absolute atomic E-state index is 14.4. The molecule has 4 aromatic carbocycles. The highest BCUT2D eigenvalue weighted by Gasteiger charge is 2.27. The van der Waals surface area contributed by atoms with Gasteiger partial charge in [0.15, 0.2) is 0 Å². The molecular weight excluding hydrogens is 570 g/mol. The molecule has 0 bridgehead atoms. The highest BCUT2D eigenvalue weighted by molar-refractivity contribution is 6.08. The lowest BCUT2D eigenvalue weighted by Gasteiger charge is -2.37. The number of para-hydroxylation sites is 1. The fraction of sp³-hybridized carbons (Fsp3) is 0.205. The summed E-state index contributed by atoms with van der Waals surface area (Å²) in [6.45, 7) is 5.81. The Bertz CT molecular complexity index is 2050. The van der Waals surface area contributed by atoms with Gasteiger partial charge in [0.05, 0.1) is 22.8 Å². The molecule has 1 aliphatic rings. The predicted octanol–water partition coefficient (Wildman–Crippen LogP) is 6.74. The fourth-order valence-electron chi connectivity index (χ4n) is 6.62. The minimum Gasteiger partial charge on any atom is -0.369 e. The van der Waals surface area contributed by atoms with Gasteiger partial charge < -0.3 is 10.2 Å². The van der Waals surface area contributed by atoms with Crippen LogP contribution >= 0.6 is 0 Å². The van der Waals surface area contributed by atoms with Crippen LogP contribution in [0.1, 0.15) is 41.0 Å². The van der Waals surface area contributed by atoms with Gasteiger partial charge in [0.1, 0.15) is 0 Å². The van der Waals surface area contributed by atoms with E-state index in [0.29, 0.717) is 28.6 Å². The molecule has 1 saturated heterocycles. The van der Waals surface area contributed by atoms with Gasteiger partial charge in [0.2, 0.25) is 0 Å². The molecule has 7 nitrogen and oxygen atoms in total. The number of carbonyl (C=O) groups is 1. The molecule has 2 aromatic heterocycles. The first kappa shape index (κ1) is 29.4. The summed E-state index contributed by atoms with van der Waals surface area (Å²) >= 11 is 0. The van der Waals surface area contributed by atoms with Crippen molar-refractivity contribution in [3.63, 3.8) is 0 Å². The minimum atomic E-state index is -0.171. The number of carbonyl (C=O) groups excluding carboxylic acids is 1. The number of nitrogens with one attached hydrogen (secondary N) is 1. The number of aromatic nitrogens is 2. The van der Waals surface area contributed by atoms with Crippen LogP contribution in [0.25, 0.3) is 27.4 Å². The number of rotatable bonds is 8. The van der Waals surface area contributed by atoms with Crippen molar-refractivity contribution in [2.24, 2.45) is 0 Å². The number of piperazine rings is 1. The third-order valence-corrected chi connectivity index (χ3v) is 9.04. The smallest absolute Gasteiger partial charge is 0.263 e. The summed E-state index contributed by atoms with van der Waals surface area (Å²) in [6, 6.07) is 37.6. The average Bonchev–Trinajstić information content (AvgIpc) is 3.11. The Morgan fingerprint density at radius 3 is 2.22 bits per heavy atom. The number of pyridine rings is 2. The molecule has 46 heavy (non-hydrogen) atoms. The molecule has 230 valence electrons. The molecule has 0 spiro atoms. The second-order valence-electron chi connectivity index (χ2n) is 11.8. The zero-order chi connectivity index (χ0) is 31.5. The van der Waals surface area contributed by atoms with Crippen molar-refractivity contribution in [1.82, 2.24) is 19.8 Å². The molecule has 7 heteroatoms. The fourth-order valence-corrected chi connectivity index (χ4v) is 6.62. The van der Waals surface area contributed by atoms with Crippen LogP contribution in [0.4, 0.5) is 5.69 Å². The minimum absolute atomic E-state index is 0.119. The maximum Gasteiger partial charge on any atom is 0.263 e. The van der Waals surface area contributed by atoms with Gasteiger partial charge >= 0.3 is 0 Å². The summed E-state index contributed by atoms with van der Waals surface area (Å²) in [5.41, 5.74) is 5.12. The van der Waals surface area contributed by atoms with Gasteiger partial charge in [-0.1, -0.05) is 79.7 Å². The number of amides is 1. The van der Waals surface area contributed by atoms with E-state index in [1.807, 2.05) is 97.2 Å². The Morgan fingerprint density at radius 2 is 1.48 bits per heavy atom. The van der Waals surface area contributed by atoms with E-state index < -0.39 is 0 Å². The molecular formula is C39H37N5O2. The molecule has 0 aliphatic carbocycles. The van der Waals surface area contributed by atoms with Crippen LogP contribution in [0, 0.1) is 0 Å². The molecule has 6 aromatic rings. The zero-order valence-corrected chi connectivity index (χ0v) is 26.0. The number of hydrogen-bond acceptors (Lipinski definition) is 5.